The Bertz CT molecular complexity index is 409. The standard InChI is InChI=1S/C10H16O4S/c1-5-6-4-7(10(5,2)3)9(8(6)11)15(12,13)14/h5-7,9H,4H2,1-3H3,(H,12,13,14)/t5-,6-,7-,9-/m0/s1. The fraction of sp³-hybridized carbons (Fsp3) is 0.900. The number of Topliss-reactive ketones (excluding diaryl/α,β-unsaturated/α-hetero) is 1. The van der Waals surface area contributed by atoms with Crippen LogP contribution in [0.3, 0.4) is 0 Å². The monoisotopic (exact) mass is 232 g/mol. The van der Waals surface area contributed by atoms with E-state index in [1.807, 2.05) is 20.8 Å². The largest absolute Gasteiger partial charge is 0.298 e. The van der Waals surface area contributed by atoms with Gasteiger partial charge in [0.1, 0.15) is 5.25 Å². The van der Waals surface area contributed by atoms with Gasteiger partial charge in [-0.2, -0.15) is 8.42 Å². The van der Waals surface area contributed by atoms with Gasteiger partial charge in [-0.05, 0) is 23.7 Å². The number of rotatable bonds is 1. The molecule has 0 amide bonds. The van der Waals surface area contributed by atoms with Gasteiger partial charge in [0, 0.05) is 5.92 Å². The van der Waals surface area contributed by atoms with Crippen molar-refractivity contribution >= 4 is 15.9 Å². The molecule has 2 rings (SSSR count). The van der Waals surface area contributed by atoms with E-state index in [1.54, 1.807) is 0 Å². The van der Waals surface area contributed by atoms with Crippen LogP contribution in [0.2, 0.25) is 0 Å². The molecule has 2 bridgehead atoms. The van der Waals surface area contributed by atoms with E-state index < -0.39 is 15.4 Å². The van der Waals surface area contributed by atoms with Crippen LogP contribution < -0.4 is 0 Å². The predicted octanol–water partition coefficient (Wildman–Crippen LogP) is 1.12. The van der Waals surface area contributed by atoms with Crippen molar-refractivity contribution < 1.29 is 17.8 Å². The van der Waals surface area contributed by atoms with E-state index >= 15 is 0 Å². The van der Waals surface area contributed by atoms with E-state index in [1.165, 1.54) is 0 Å². The van der Waals surface area contributed by atoms with E-state index in [9.17, 15) is 13.2 Å². The molecule has 2 fully saturated rings. The summed E-state index contributed by atoms with van der Waals surface area (Å²) in [6, 6.07) is 0. The van der Waals surface area contributed by atoms with Gasteiger partial charge in [-0.1, -0.05) is 20.8 Å². The summed E-state index contributed by atoms with van der Waals surface area (Å²) in [6.45, 7) is 5.95. The van der Waals surface area contributed by atoms with Gasteiger partial charge >= 0.3 is 0 Å². The van der Waals surface area contributed by atoms with Crippen LogP contribution in [0.1, 0.15) is 27.2 Å². The first-order chi connectivity index (χ1) is 6.67. The zero-order valence-electron chi connectivity index (χ0n) is 9.10. The van der Waals surface area contributed by atoms with Crippen molar-refractivity contribution in [2.45, 2.75) is 32.4 Å². The fourth-order valence-corrected chi connectivity index (χ4v) is 4.62. The molecule has 0 spiro atoms. The average molecular weight is 232 g/mol. The van der Waals surface area contributed by atoms with E-state index in [2.05, 4.69) is 0 Å². The van der Waals surface area contributed by atoms with E-state index in [0.717, 1.165) is 0 Å². The Hall–Kier alpha value is -0.420. The Kier molecular flexibility index (Phi) is 2.09. The highest BCUT2D eigenvalue weighted by atomic mass is 32.2. The molecule has 4 atom stereocenters. The molecule has 0 radical (unpaired) electrons. The van der Waals surface area contributed by atoms with Crippen molar-refractivity contribution in [3.63, 3.8) is 0 Å². The average Bonchev–Trinajstić information content (AvgIpc) is 2.48. The molecule has 0 aromatic heterocycles. The Balaban J connectivity index is 2.46. The molecule has 86 valence electrons. The summed E-state index contributed by atoms with van der Waals surface area (Å²) in [6.07, 6.45) is 0.609. The van der Waals surface area contributed by atoms with Crippen LogP contribution in [-0.2, 0) is 14.9 Å². The minimum Gasteiger partial charge on any atom is -0.298 e. The summed E-state index contributed by atoms with van der Waals surface area (Å²) in [5, 5.41) is -1.17. The SMILES string of the molecule is C[C@H]1[C@@H]2C[C@@H]([C@H](S(=O)(=O)O)C2=O)C1(C)C. The van der Waals surface area contributed by atoms with E-state index in [-0.39, 0.29) is 29.0 Å². The summed E-state index contributed by atoms with van der Waals surface area (Å²) in [7, 11) is -4.23. The van der Waals surface area contributed by atoms with Crippen molar-refractivity contribution in [1.82, 2.24) is 0 Å². The lowest BCUT2D eigenvalue weighted by Gasteiger charge is -2.38. The quantitative estimate of drug-likeness (QED) is 0.688. The molecule has 0 saturated heterocycles. The third-order valence-corrected chi connectivity index (χ3v) is 5.78. The number of hydrogen-bond acceptors (Lipinski definition) is 3. The summed E-state index contributed by atoms with van der Waals surface area (Å²) >= 11 is 0. The first-order valence-corrected chi connectivity index (χ1v) is 6.67. The Morgan fingerprint density at radius 1 is 1.40 bits per heavy atom. The summed E-state index contributed by atoms with van der Waals surface area (Å²) in [5.74, 6) is -0.487. The molecule has 2 aliphatic rings. The predicted molar refractivity (Wildman–Crippen MR) is 54.9 cm³/mol. The van der Waals surface area contributed by atoms with Crippen molar-refractivity contribution in [2.75, 3.05) is 0 Å². The molecular weight excluding hydrogens is 216 g/mol. The highest BCUT2D eigenvalue weighted by molar-refractivity contribution is 7.87. The van der Waals surface area contributed by atoms with Gasteiger partial charge in [0.2, 0.25) is 0 Å². The molecule has 4 nitrogen and oxygen atoms in total. The lowest BCUT2D eigenvalue weighted by atomic mass is 9.69. The van der Waals surface area contributed by atoms with E-state index in [4.69, 9.17) is 4.55 Å². The molecule has 15 heavy (non-hydrogen) atoms. The second-order valence-electron chi connectivity index (χ2n) is 5.40. The molecule has 2 aliphatic carbocycles. The highest BCUT2D eigenvalue weighted by Crippen LogP contribution is 2.58. The van der Waals surface area contributed by atoms with Gasteiger partial charge < -0.3 is 0 Å². The van der Waals surface area contributed by atoms with Crippen molar-refractivity contribution in [3.05, 3.63) is 0 Å². The smallest absolute Gasteiger partial charge is 0.275 e. The lowest BCUT2D eigenvalue weighted by molar-refractivity contribution is -0.125. The first kappa shape index (κ1) is 11.1. The van der Waals surface area contributed by atoms with Gasteiger partial charge in [0.05, 0.1) is 0 Å². The highest BCUT2D eigenvalue weighted by Gasteiger charge is 2.63. The number of fused-ring (bicyclic) bond motifs is 2. The third-order valence-electron chi connectivity index (χ3n) is 4.57. The van der Waals surface area contributed by atoms with Crippen LogP contribution in [-0.4, -0.2) is 24.0 Å². The van der Waals surface area contributed by atoms with Crippen LogP contribution in [0.25, 0.3) is 0 Å². The van der Waals surface area contributed by atoms with Gasteiger partial charge in [0.15, 0.2) is 5.78 Å². The molecule has 5 heteroatoms. The van der Waals surface area contributed by atoms with Crippen LogP contribution in [0.4, 0.5) is 0 Å². The van der Waals surface area contributed by atoms with Gasteiger partial charge in [-0.25, -0.2) is 0 Å². The maximum atomic E-state index is 11.8. The van der Waals surface area contributed by atoms with Gasteiger partial charge in [-0.15, -0.1) is 0 Å². The molecule has 0 aromatic rings. The normalized spacial score (nSPS) is 43.6. The van der Waals surface area contributed by atoms with Crippen molar-refractivity contribution in [3.8, 4) is 0 Å². The number of carbonyl (C=O) groups excluding carboxylic acids is 1. The molecule has 0 aliphatic heterocycles. The number of hydrogen-bond donors (Lipinski definition) is 1. The number of carbonyl (C=O) groups is 1. The minimum absolute atomic E-state index is 0.182. The fourth-order valence-electron chi connectivity index (χ4n) is 3.28. The zero-order valence-corrected chi connectivity index (χ0v) is 9.91. The Labute approximate surface area is 89.8 Å². The molecule has 1 N–H and O–H groups in total. The number of ketones is 1. The third kappa shape index (κ3) is 1.29. The molecular formula is C10H16O4S. The zero-order chi connectivity index (χ0) is 11.6. The Morgan fingerprint density at radius 3 is 2.33 bits per heavy atom. The Morgan fingerprint density at radius 2 is 1.93 bits per heavy atom. The second-order valence-corrected chi connectivity index (χ2v) is 6.93. The summed E-state index contributed by atoms with van der Waals surface area (Å²) in [4.78, 5) is 11.8. The summed E-state index contributed by atoms with van der Waals surface area (Å²) in [5.41, 5.74) is -0.182. The van der Waals surface area contributed by atoms with Crippen LogP contribution in [0, 0.1) is 23.2 Å². The second kappa shape index (κ2) is 2.83. The van der Waals surface area contributed by atoms with Gasteiger partial charge in [-0.3, -0.25) is 9.35 Å². The van der Waals surface area contributed by atoms with Gasteiger partial charge in [0.25, 0.3) is 10.1 Å². The molecule has 2 saturated carbocycles. The topological polar surface area (TPSA) is 71.4 Å². The van der Waals surface area contributed by atoms with Crippen LogP contribution in [0.15, 0.2) is 0 Å². The maximum absolute atomic E-state index is 11.8. The van der Waals surface area contributed by atoms with Crippen LogP contribution in [0.5, 0.6) is 0 Å². The molecule has 0 heterocycles. The summed E-state index contributed by atoms with van der Waals surface area (Å²) < 4.78 is 31.4. The maximum Gasteiger partial charge on any atom is 0.275 e. The van der Waals surface area contributed by atoms with E-state index in [0.29, 0.717) is 6.42 Å². The molecule has 0 unspecified atom stereocenters. The van der Waals surface area contributed by atoms with Crippen LogP contribution >= 0.6 is 0 Å². The van der Waals surface area contributed by atoms with Crippen molar-refractivity contribution in [2.24, 2.45) is 23.2 Å². The van der Waals surface area contributed by atoms with Crippen molar-refractivity contribution in [1.29, 1.82) is 0 Å². The molecule has 0 aromatic carbocycles. The lowest BCUT2D eigenvalue weighted by Crippen LogP contribution is -2.46. The minimum atomic E-state index is -4.23. The first-order valence-electron chi connectivity index (χ1n) is 5.17.